The van der Waals surface area contributed by atoms with Crippen LogP contribution < -0.4 is 0 Å². The van der Waals surface area contributed by atoms with Gasteiger partial charge in [-0.15, -0.1) is 16.9 Å². The van der Waals surface area contributed by atoms with Gasteiger partial charge in [0.1, 0.15) is 11.8 Å². The van der Waals surface area contributed by atoms with E-state index in [1.165, 1.54) is 5.56 Å². The number of hydrogen-bond donors (Lipinski definition) is 0. The predicted octanol–water partition coefficient (Wildman–Crippen LogP) is 3.84. The molecule has 0 unspecified atom stereocenters. The van der Waals surface area contributed by atoms with Crippen LogP contribution in [0.15, 0.2) is 53.4 Å². The lowest BCUT2D eigenvalue weighted by molar-refractivity contribution is 0.805. The van der Waals surface area contributed by atoms with Gasteiger partial charge in [0, 0.05) is 10.5 Å². The van der Waals surface area contributed by atoms with E-state index in [0.29, 0.717) is 5.69 Å². The molecule has 0 bridgehead atoms. The highest BCUT2D eigenvalue weighted by Gasteiger charge is 2.16. The Kier molecular flexibility index (Phi) is 3.94. The van der Waals surface area contributed by atoms with Crippen molar-refractivity contribution in [3.05, 3.63) is 59.8 Å². The minimum Gasteiger partial charge on any atom is -0.211 e. The van der Waals surface area contributed by atoms with E-state index >= 15 is 0 Å². The molecule has 3 aromatic rings. The maximum atomic E-state index is 9.33. The molecule has 1 aromatic heterocycles. The molecule has 5 heteroatoms. The van der Waals surface area contributed by atoms with Crippen molar-refractivity contribution in [3.8, 4) is 23.0 Å². The Labute approximate surface area is 133 Å². The lowest BCUT2D eigenvalue weighted by atomic mass is 10.1. The smallest absolute Gasteiger partial charge is 0.191 e. The molecule has 0 aliphatic carbocycles. The van der Waals surface area contributed by atoms with Gasteiger partial charge in [-0.2, -0.15) is 5.26 Å². The summed E-state index contributed by atoms with van der Waals surface area (Å²) in [6, 6.07) is 18.2. The Balaban J connectivity index is 2.19. The molecular weight excluding hydrogens is 292 g/mol. The summed E-state index contributed by atoms with van der Waals surface area (Å²) < 4.78 is 1.73. The van der Waals surface area contributed by atoms with Crippen LogP contribution in [-0.4, -0.2) is 21.2 Å². The maximum Gasteiger partial charge on any atom is 0.191 e. The van der Waals surface area contributed by atoms with E-state index in [0.717, 1.165) is 21.8 Å². The fourth-order valence-corrected chi connectivity index (χ4v) is 2.70. The summed E-state index contributed by atoms with van der Waals surface area (Å²) in [7, 11) is 0. The van der Waals surface area contributed by atoms with Gasteiger partial charge in [-0.25, -0.2) is 4.68 Å². The van der Waals surface area contributed by atoms with Crippen LogP contribution >= 0.6 is 11.8 Å². The first-order valence-corrected chi connectivity index (χ1v) is 8.02. The first kappa shape index (κ1) is 14.4. The zero-order valence-corrected chi connectivity index (χ0v) is 13.1. The van der Waals surface area contributed by atoms with Gasteiger partial charge >= 0.3 is 0 Å². The van der Waals surface area contributed by atoms with E-state index in [1.807, 2.05) is 61.7 Å². The highest BCUT2D eigenvalue weighted by atomic mass is 32.2. The second-order valence-electron chi connectivity index (χ2n) is 4.88. The zero-order valence-electron chi connectivity index (χ0n) is 12.3. The van der Waals surface area contributed by atoms with Gasteiger partial charge in [0.05, 0.1) is 5.69 Å². The number of aryl methyl sites for hydroxylation is 1. The normalized spacial score (nSPS) is 10.4. The van der Waals surface area contributed by atoms with E-state index in [9.17, 15) is 5.26 Å². The Bertz CT molecular complexity index is 844. The van der Waals surface area contributed by atoms with E-state index < -0.39 is 0 Å². The fourth-order valence-electron chi connectivity index (χ4n) is 2.25. The van der Waals surface area contributed by atoms with Crippen LogP contribution in [0.2, 0.25) is 0 Å². The van der Waals surface area contributed by atoms with E-state index in [2.05, 4.69) is 16.4 Å². The van der Waals surface area contributed by atoms with Gasteiger partial charge in [0.2, 0.25) is 0 Å². The molecule has 0 saturated heterocycles. The van der Waals surface area contributed by atoms with Crippen molar-refractivity contribution in [2.45, 2.75) is 11.8 Å². The molecule has 0 atom stereocenters. The van der Waals surface area contributed by atoms with E-state index in [1.54, 1.807) is 16.4 Å². The molecule has 0 N–H and O–H groups in total. The highest BCUT2D eigenvalue weighted by Crippen LogP contribution is 2.26. The van der Waals surface area contributed by atoms with Crippen LogP contribution in [0.1, 0.15) is 11.3 Å². The number of hydrogen-bond acceptors (Lipinski definition) is 4. The number of aromatic nitrogens is 3. The standard InChI is InChI=1S/C17H14N4S/c1-12-6-8-13(9-7-12)17-16(11-18)19-20-21(17)14-4-3-5-15(10-14)22-2/h3-10H,1-2H3. The second kappa shape index (κ2) is 6.04. The summed E-state index contributed by atoms with van der Waals surface area (Å²) in [5.74, 6) is 0. The Hall–Kier alpha value is -2.58. The summed E-state index contributed by atoms with van der Waals surface area (Å²) in [4.78, 5) is 1.14. The van der Waals surface area contributed by atoms with Crippen molar-refractivity contribution in [1.82, 2.24) is 15.0 Å². The van der Waals surface area contributed by atoms with Crippen LogP contribution in [0.3, 0.4) is 0 Å². The summed E-state index contributed by atoms with van der Waals surface area (Å²) >= 11 is 1.67. The molecule has 108 valence electrons. The molecular formula is C17H14N4S. The SMILES string of the molecule is CSc1cccc(-n2nnc(C#N)c2-c2ccc(C)cc2)c1. The second-order valence-corrected chi connectivity index (χ2v) is 5.76. The van der Waals surface area contributed by atoms with Gasteiger partial charge < -0.3 is 0 Å². The van der Waals surface area contributed by atoms with Crippen LogP contribution in [0, 0.1) is 18.3 Å². The lowest BCUT2D eigenvalue weighted by Gasteiger charge is -2.08. The highest BCUT2D eigenvalue weighted by molar-refractivity contribution is 7.98. The minimum absolute atomic E-state index is 0.332. The first-order valence-electron chi connectivity index (χ1n) is 6.80. The predicted molar refractivity (Wildman–Crippen MR) is 88.0 cm³/mol. The quantitative estimate of drug-likeness (QED) is 0.690. The maximum absolute atomic E-state index is 9.33. The number of rotatable bonds is 3. The third-order valence-corrected chi connectivity index (χ3v) is 4.12. The molecule has 22 heavy (non-hydrogen) atoms. The molecule has 4 nitrogen and oxygen atoms in total. The van der Waals surface area contributed by atoms with Gasteiger partial charge in [-0.05, 0) is 31.4 Å². The van der Waals surface area contributed by atoms with Crippen molar-refractivity contribution >= 4 is 11.8 Å². The fraction of sp³-hybridized carbons (Fsp3) is 0.118. The molecule has 0 amide bonds. The Morgan fingerprint density at radius 1 is 1.14 bits per heavy atom. The number of nitrogens with zero attached hydrogens (tertiary/aromatic N) is 4. The van der Waals surface area contributed by atoms with Crippen molar-refractivity contribution in [3.63, 3.8) is 0 Å². The molecule has 3 rings (SSSR count). The van der Waals surface area contributed by atoms with Gasteiger partial charge in [0.15, 0.2) is 5.69 Å². The average molecular weight is 306 g/mol. The van der Waals surface area contributed by atoms with Crippen molar-refractivity contribution in [1.29, 1.82) is 5.26 Å². The van der Waals surface area contributed by atoms with E-state index in [4.69, 9.17) is 0 Å². The molecule has 0 fully saturated rings. The summed E-state index contributed by atoms with van der Waals surface area (Å²) in [6.07, 6.45) is 2.03. The van der Waals surface area contributed by atoms with Crippen molar-refractivity contribution < 1.29 is 0 Å². The third-order valence-electron chi connectivity index (χ3n) is 3.40. The molecule has 0 saturated carbocycles. The molecule has 0 spiro atoms. The van der Waals surface area contributed by atoms with Gasteiger partial charge in [0.25, 0.3) is 0 Å². The lowest BCUT2D eigenvalue weighted by Crippen LogP contribution is -2.00. The number of thioether (sulfide) groups is 1. The van der Waals surface area contributed by atoms with E-state index in [-0.39, 0.29) is 0 Å². The summed E-state index contributed by atoms with van der Waals surface area (Å²) in [5.41, 5.74) is 4.06. The first-order chi connectivity index (χ1) is 10.7. The van der Waals surface area contributed by atoms with Crippen LogP contribution in [-0.2, 0) is 0 Å². The van der Waals surface area contributed by atoms with Gasteiger partial charge in [-0.1, -0.05) is 41.1 Å². The van der Waals surface area contributed by atoms with Crippen molar-refractivity contribution in [2.24, 2.45) is 0 Å². The molecule has 0 radical (unpaired) electrons. The third kappa shape index (κ3) is 2.61. The Morgan fingerprint density at radius 2 is 1.91 bits per heavy atom. The van der Waals surface area contributed by atoms with Crippen LogP contribution in [0.5, 0.6) is 0 Å². The monoisotopic (exact) mass is 306 g/mol. The summed E-state index contributed by atoms with van der Waals surface area (Å²) in [6.45, 7) is 2.03. The molecule has 0 aliphatic heterocycles. The van der Waals surface area contributed by atoms with Crippen molar-refractivity contribution in [2.75, 3.05) is 6.26 Å². The minimum atomic E-state index is 0.332. The molecule has 1 heterocycles. The summed E-state index contributed by atoms with van der Waals surface area (Å²) in [5, 5.41) is 17.5. The number of nitriles is 1. The zero-order chi connectivity index (χ0) is 15.5. The van der Waals surface area contributed by atoms with Gasteiger partial charge in [-0.3, -0.25) is 0 Å². The van der Waals surface area contributed by atoms with Crippen LogP contribution in [0.25, 0.3) is 16.9 Å². The molecule has 0 aliphatic rings. The largest absolute Gasteiger partial charge is 0.211 e. The molecule has 2 aromatic carbocycles. The topological polar surface area (TPSA) is 54.5 Å². The number of benzene rings is 2. The van der Waals surface area contributed by atoms with Crippen LogP contribution in [0.4, 0.5) is 0 Å². The Morgan fingerprint density at radius 3 is 2.59 bits per heavy atom. The average Bonchev–Trinajstić information content (AvgIpc) is 2.99.